The van der Waals surface area contributed by atoms with E-state index in [9.17, 15) is 4.79 Å². The molecule has 0 aliphatic carbocycles. The fourth-order valence-corrected chi connectivity index (χ4v) is 3.01. The second-order valence-corrected chi connectivity index (χ2v) is 5.28. The summed E-state index contributed by atoms with van der Waals surface area (Å²) in [4.78, 5) is 13.0. The number of carbonyl (C=O) groups is 1. The lowest BCUT2D eigenvalue weighted by Crippen LogP contribution is -2.04. The lowest BCUT2D eigenvalue weighted by atomic mass is 10.0. The average molecular weight is 293 g/mol. The van der Waals surface area contributed by atoms with Gasteiger partial charge in [0.25, 0.3) is 0 Å². The van der Waals surface area contributed by atoms with E-state index >= 15 is 0 Å². The Balaban J connectivity index is 2.16. The van der Waals surface area contributed by atoms with Crippen LogP contribution in [-0.4, -0.2) is 17.5 Å². The Morgan fingerprint density at radius 3 is 2.41 bits per heavy atom. The highest BCUT2D eigenvalue weighted by molar-refractivity contribution is 6.17. The molecule has 0 spiro atoms. The zero-order valence-corrected chi connectivity index (χ0v) is 13.1. The van der Waals surface area contributed by atoms with Crippen LogP contribution in [-0.2, 0) is 6.54 Å². The molecule has 0 atom stereocenters. The van der Waals surface area contributed by atoms with Crippen LogP contribution in [0, 0.1) is 6.92 Å². The van der Waals surface area contributed by atoms with Gasteiger partial charge in [-0.2, -0.15) is 0 Å². The number of fused-ring (bicyclic) bond motifs is 1. The quantitative estimate of drug-likeness (QED) is 0.675. The molecule has 112 valence electrons. The molecule has 0 N–H and O–H groups in total. The van der Waals surface area contributed by atoms with Crippen molar-refractivity contribution in [3.63, 3.8) is 0 Å². The standard InChI is InChI=1S/C19H19NO2/c1-4-20-13(2)18(16-7-5-6-8-17(16)20)19(21)14-9-11-15(22-3)12-10-14/h5-12H,4H2,1-3H3. The summed E-state index contributed by atoms with van der Waals surface area (Å²) in [6.07, 6.45) is 0. The largest absolute Gasteiger partial charge is 0.497 e. The molecule has 22 heavy (non-hydrogen) atoms. The van der Waals surface area contributed by atoms with Gasteiger partial charge in [0.15, 0.2) is 5.78 Å². The van der Waals surface area contributed by atoms with Crippen molar-refractivity contribution < 1.29 is 9.53 Å². The molecule has 3 aromatic rings. The van der Waals surface area contributed by atoms with Gasteiger partial charge in [0.2, 0.25) is 0 Å². The van der Waals surface area contributed by atoms with Crippen molar-refractivity contribution in [2.45, 2.75) is 20.4 Å². The Hall–Kier alpha value is -2.55. The zero-order chi connectivity index (χ0) is 15.7. The van der Waals surface area contributed by atoms with Gasteiger partial charge in [0.05, 0.1) is 12.7 Å². The number of para-hydroxylation sites is 1. The van der Waals surface area contributed by atoms with Crippen LogP contribution in [0.5, 0.6) is 5.75 Å². The van der Waals surface area contributed by atoms with Crippen molar-refractivity contribution in [3.05, 3.63) is 65.4 Å². The Bertz CT molecular complexity index is 829. The maximum atomic E-state index is 13.0. The molecule has 2 aromatic carbocycles. The third-order valence-electron chi connectivity index (χ3n) is 4.13. The highest BCUT2D eigenvalue weighted by atomic mass is 16.5. The van der Waals surface area contributed by atoms with Crippen LogP contribution in [0.25, 0.3) is 10.9 Å². The summed E-state index contributed by atoms with van der Waals surface area (Å²) in [6, 6.07) is 15.4. The molecule has 0 amide bonds. The minimum absolute atomic E-state index is 0.0588. The molecule has 0 aliphatic heterocycles. The van der Waals surface area contributed by atoms with Gasteiger partial charge in [-0.25, -0.2) is 0 Å². The Kier molecular flexibility index (Phi) is 3.72. The summed E-state index contributed by atoms with van der Waals surface area (Å²) >= 11 is 0. The molecular weight excluding hydrogens is 274 g/mol. The van der Waals surface area contributed by atoms with Gasteiger partial charge in [0.1, 0.15) is 5.75 Å². The molecule has 3 nitrogen and oxygen atoms in total. The number of carbonyl (C=O) groups excluding carboxylic acids is 1. The summed E-state index contributed by atoms with van der Waals surface area (Å²) in [5, 5.41) is 1.02. The number of aromatic nitrogens is 1. The number of nitrogens with zero attached hydrogens (tertiary/aromatic N) is 1. The van der Waals surface area contributed by atoms with Crippen LogP contribution in [0.4, 0.5) is 0 Å². The van der Waals surface area contributed by atoms with E-state index in [0.29, 0.717) is 5.56 Å². The molecule has 3 rings (SSSR count). The molecule has 0 aliphatic rings. The van der Waals surface area contributed by atoms with Gasteiger partial charge >= 0.3 is 0 Å². The maximum absolute atomic E-state index is 13.0. The predicted molar refractivity (Wildman–Crippen MR) is 88.8 cm³/mol. The smallest absolute Gasteiger partial charge is 0.195 e. The van der Waals surface area contributed by atoms with Crippen molar-refractivity contribution in [1.29, 1.82) is 0 Å². The third kappa shape index (κ3) is 2.19. The Morgan fingerprint density at radius 2 is 1.77 bits per heavy atom. The van der Waals surface area contributed by atoms with E-state index in [2.05, 4.69) is 17.6 Å². The van der Waals surface area contributed by atoms with Gasteiger partial charge in [-0.15, -0.1) is 0 Å². The minimum Gasteiger partial charge on any atom is -0.497 e. The predicted octanol–water partition coefficient (Wildman–Crippen LogP) is 4.21. The van der Waals surface area contributed by atoms with Gasteiger partial charge in [-0.05, 0) is 44.2 Å². The molecule has 0 fully saturated rings. The van der Waals surface area contributed by atoms with Crippen LogP contribution in [0.2, 0.25) is 0 Å². The first-order valence-electron chi connectivity index (χ1n) is 7.44. The number of ether oxygens (including phenoxy) is 1. The Labute approximate surface area is 130 Å². The first kappa shape index (κ1) is 14.4. The number of hydrogen-bond acceptors (Lipinski definition) is 2. The second-order valence-electron chi connectivity index (χ2n) is 5.28. The molecular formula is C19H19NO2. The summed E-state index contributed by atoms with van der Waals surface area (Å²) in [7, 11) is 1.62. The molecule has 0 radical (unpaired) electrons. The molecule has 1 aromatic heterocycles. The highest BCUT2D eigenvalue weighted by Gasteiger charge is 2.20. The molecule has 0 bridgehead atoms. The average Bonchev–Trinajstić information content (AvgIpc) is 2.85. The van der Waals surface area contributed by atoms with Crippen molar-refractivity contribution in [2.24, 2.45) is 0 Å². The van der Waals surface area contributed by atoms with E-state index in [-0.39, 0.29) is 5.78 Å². The van der Waals surface area contributed by atoms with Crippen LogP contribution < -0.4 is 4.74 Å². The van der Waals surface area contributed by atoms with E-state index in [4.69, 9.17) is 4.74 Å². The summed E-state index contributed by atoms with van der Waals surface area (Å²) in [6.45, 7) is 4.96. The van der Waals surface area contributed by atoms with E-state index < -0.39 is 0 Å². The van der Waals surface area contributed by atoms with Crippen LogP contribution in [0.3, 0.4) is 0 Å². The molecule has 3 heteroatoms. The van der Waals surface area contributed by atoms with Crippen molar-refractivity contribution in [2.75, 3.05) is 7.11 Å². The van der Waals surface area contributed by atoms with E-state index in [1.807, 2.05) is 49.4 Å². The fraction of sp³-hybridized carbons (Fsp3) is 0.211. The Morgan fingerprint density at radius 1 is 1.09 bits per heavy atom. The SMILES string of the molecule is CCn1c(C)c(C(=O)c2ccc(OC)cc2)c2ccccc21. The number of ketones is 1. The van der Waals surface area contributed by atoms with Crippen molar-refractivity contribution >= 4 is 16.7 Å². The fourth-order valence-electron chi connectivity index (χ4n) is 3.01. The molecule has 1 heterocycles. The monoisotopic (exact) mass is 293 g/mol. The number of rotatable bonds is 4. The highest BCUT2D eigenvalue weighted by Crippen LogP contribution is 2.28. The maximum Gasteiger partial charge on any atom is 0.195 e. The van der Waals surface area contributed by atoms with Gasteiger partial charge in [0, 0.05) is 28.7 Å². The van der Waals surface area contributed by atoms with Crippen LogP contribution in [0.15, 0.2) is 48.5 Å². The van der Waals surface area contributed by atoms with Gasteiger partial charge in [-0.3, -0.25) is 4.79 Å². The van der Waals surface area contributed by atoms with Gasteiger partial charge < -0.3 is 9.30 Å². The van der Waals surface area contributed by atoms with Gasteiger partial charge in [-0.1, -0.05) is 18.2 Å². The van der Waals surface area contributed by atoms with Crippen LogP contribution in [0.1, 0.15) is 28.5 Å². The first-order chi connectivity index (χ1) is 10.7. The first-order valence-corrected chi connectivity index (χ1v) is 7.44. The number of methoxy groups -OCH3 is 1. The lowest BCUT2D eigenvalue weighted by molar-refractivity contribution is 0.103. The normalized spacial score (nSPS) is 10.9. The topological polar surface area (TPSA) is 31.2 Å². The molecule has 0 saturated carbocycles. The molecule has 0 unspecified atom stereocenters. The summed E-state index contributed by atoms with van der Waals surface area (Å²) in [5.41, 5.74) is 3.61. The van der Waals surface area contributed by atoms with Crippen molar-refractivity contribution in [1.82, 2.24) is 4.57 Å². The van der Waals surface area contributed by atoms with E-state index in [1.54, 1.807) is 7.11 Å². The lowest BCUT2D eigenvalue weighted by Gasteiger charge is -2.05. The van der Waals surface area contributed by atoms with Crippen LogP contribution >= 0.6 is 0 Å². The van der Waals surface area contributed by atoms with Crippen molar-refractivity contribution in [3.8, 4) is 5.75 Å². The summed E-state index contributed by atoms with van der Waals surface area (Å²) in [5.74, 6) is 0.813. The summed E-state index contributed by atoms with van der Waals surface area (Å²) < 4.78 is 7.34. The number of benzene rings is 2. The minimum atomic E-state index is 0.0588. The zero-order valence-electron chi connectivity index (χ0n) is 13.1. The van der Waals surface area contributed by atoms with E-state index in [0.717, 1.165) is 34.5 Å². The third-order valence-corrected chi connectivity index (χ3v) is 4.13. The number of aryl methyl sites for hydroxylation is 1. The van der Waals surface area contributed by atoms with E-state index in [1.165, 1.54) is 0 Å². The number of hydrogen-bond donors (Lipinski definition) is 0. The second kappa shape index (κ2) is 5.68. The molecule has 0 saturated heterocycles.